The summed E-state index contributed by atoms with van der Waals surface area (Å²) in [5, 5.41) is 9.24. The molecule has 2 rings (SSSR count). The van der Waals surface area contributed by atoms with Gasteiger partial charge in [0.05, 0.1) is 5.92 Å². The number of carboxylic acids is 1. The lowest BCUT2D eigenvalue weighted by molar-refractivity contribution is -0.143. The van der Waals surface area contributed by atoms with E-state index in [0.29, 0.717) is 32.2 Å². The summed E-state index contributed by atoms with van der Waals surface area (Å²) in [6.07, 6.45) is 1.83. The lowest BCUT2D eigenvalue weighted by atomic mass is 9.80. The molecule has 5 nitrogen and oxygen atoms in total. The van der Waals surface area contributed by atoms with Gasteiger partial charge in [-0.05, 0) is 24.7 Å². The van der Waals surface area contributed by atoms with Crippen molar-refractivity contribution in [2.75, 3.05) is 26.3 Å². The van der Waals surface area contributed by atoms with Crippen LogP contribution in [0.3, 0.4) is 0 Å². The van der Waals surface area contributed by atoms with Gasteiger partial charge in [-0.3, -0.25) is 9.59 Å². The first-order chi connectivity index (χ1) is 8.09. The molecular weight excluding hydrogens is 222 g/mol. The number of carbonyl (C=O) groups excluding carboxylic acids is 1. The van der Waals surface area contributed by atoms with E-state index >= 15 is 0 Å². The SMILES string of the molecule is CC(=O)N1C[C@H](C(=O)O)[C@@H](C2CCOCC2)C1. The van der Waals surface area contributed by atoms with Crippen LogP contribution in [-0.4, -0.2) is 48.2 Å². The van der Waals surface area contributed by atoms with Crippen LogP contribution < -0.4 is 0 Å². The molecule has 0 aromatic rings. The van der Waals surface area contributed by atoms with Crippen LogP contribution in [-0.2, 0) is 14.3 Å². The fourth-order valence-electron chi connectivity index (χ4n) is 2.97. The van der Waals surface area contributed by atoms with E-state index in [0.717, 1.165) is 12.8 Å². The van der Waals surface area contributed by atoms with E-state index in [1.54, 1.807) is 4.90 Å². The third-order valence-electron chi connectivity index (χ3n) is 4.00. The normalized spacial score (nSPS) is 30.5. The molecule has 2 heterocycles. The molecule has 0 unspecified atom stereocenters. The first-order valence-corrected chi connectivity index (χ1v) is 6.15. The molecule has 5 heteroatoms. The van der Waals surface area contributed by atoms with Crippen molar-refractivity contribution in [2.24, 2.45) is 17.8 Å². The summed E-state index contributed by atoms with van der Waals surface area (Å²) in [7, 11) is 0. The van der Waals surface area contributed by atoms with E-state index in [1.165, 1.54) is 6.92 Å². The van der Waals surface area contributed by atoms with Gasteiger partial charge in [0.15, 0.2) is 0 Å². The molecule has 2 atom stereocenters. The average molecular weight is 241 g/mol. The number of aliphatic carboxylic acids is 1. The molecule has 0 aromatic carbocycles. The number of amides is 1. The Morgan fingerprint density at radius 3 is 2.41 bits per heavy atom. The van der Waals surface area contributed by atoms with Gasteiger partial charge >= 0.3 is 5.97 Å². The van der Waals surface area contributed by atoms with Crippen molar-refractivity contribution in [3.05, 3.63) is 0 Å². The molecule has 1 amide bonds. The van der Waals surface area contributed by atoms with Crippen LogP contribution in [0.1, 0.15) is 19.8 Å². The number of rotatable bonds is 2. The standard InChI is InChI=1S/C12H19NO4/c1-8(14)13-6-10(11(7-13)12(15)16)9-2-4-17-5-3-9/h9-11H,2-7H2,1H3,(H,15,16)/t10-,11+/m1/s1. The van der Waals surface area contributed by atoms with E-state index < -0.39 is 11.9 Å². The van der Waals surface area contributed by atoms with E-state index in [-0.39, 0.29) is 11.8 Å². The highest BCUT2D eigenvalue weighted by Crippen LogP contribution is 2.35. The van der Waals surface area contributed by atoms with Gasteiger partial charge in [0.2, 0.25) is 5.91 Å². The highest BCUT2D eigenvalue weighted by atomic mass is 16.5. The summed E-state index contributed by atoms with van der Waals surface area (Å²) in [5.41, 5.74) is 0. The summed E-state index contributed by atoms with van der Waals surface area (Å²) < 4.78 is 5.30. The number of carboxylic acid groups (broad SMARTS) is 1. The molecule has 0 bridgehead atoms. The van der Waals surface area contributed by atoms with Gasteiger partial charge in [0.1, 0.15) is 0 Å². The van der Waals surface area contributed by atoms with Crippen molar-refractivity contribution in [3.63, 3.8) is 0 Å². The highest BCUT2D eigenvalue weighted by molar-refractivity contribution is 5.77. The first kappa shape index (κ1) is 12.4. The summed E-state index contributed by atoms with van der Waals surface area (Å²) in [5.74, 6) is -0.715. The predicted molar refractivity (Wildman–Crippen MR) is 60.4 cm³/mol. The van der Waals surface area contributed by atoms with Crippen molar-refractivity contribution < 1.29 is 19.4 Å². The minimum atomic E-state index is -0.773. The fourth-order valence-corrected chi connectivity index (χ4v) is 2.97. The summed E-state index contributed by atoms with van der Waals surface area (Å²) in [6.45, 7) is 3.90. The van der Waals surface area contributed by atoms with Crippen LogP contribution in [0, 0.1) is 17.8 Å². The predicted octanol–water partition coefficient (Wildman–Crippen LogP) is 0.592. The van der Waals surface area contributed by atoms with Crippen LogP contribution in [0.5, 0.6) is 0 Å². The fraction of sp³-hybridized carbons (Fsp3) is 0.833. The monoisotopic (exact) mass is 241 g/mol. The van der Waals surface area contributed by atoms with E-state index in [9.17, 15) is 14.7 Å². The van der Waals surface area contributed by atoms with Crippen LogP contribution in [0.25, 0.3) is 0 Å². The maximum atomic E-state index is 11.4. The van der Waals surface area contributed by atoms with Gasteiger partial charge in [-0.15, -0.1) is 0 Å². The van der Waals surface area contributed by atoms with Gasteiger partial charge in [0, 0.05) is 33.2 Å². The second-order valence-electron chi connectivity index (χ2n) is 4.98. The van der Waals surface area contributed by atoms with Crippen molar-refractivity contribution >= 4 is 11.9 Å². The van der Waals surface area contributed by atoms with Gasteiger partial charge in [-0.2, -0.15) is 0 Å². The topological polar surface area (TPSA) is 66.8 Å². The van der Waals surface area contributed by atoms with E-state index in [2.05, 4.69) is 0 Å². The molecule has 0 aromatic heterocycles. The number of nitrogens with zero attached hydrogens (tertiary/aromatic N) is 1. The second kappa shape index (κ2) is 5.04. The highest BCUT2D eigenvalue weighted by Gasteiger charge is 2.42. The lowest BCUT2D eigenvalue weighted by Crippen LogP contribution is -2.32. The molecule has 2 fully saturated rings. The smallest absolute Gasteiger partial charge is 0.308 e. The molecule has 2 aliphatic rings. The minimum absolute atomic E-state index is 0.0224. The number of hydrogen-bond acceptors (Lipinski definition) is 3. The summed E-state index contributed by atoms with van der Waals surface area (Å²) >= 11 is 0. The molecule has 0 radical (unpaired) electrons. The summed E-state index contributed by atoms with van der Waals surface area (Å²) in [4.78, 5) is 24.3. The maximum Gasteiger partial charge on any atom is 0.308 e. The molecule has 0 saturated carbocycles. The third-order valence-corrected chi connectivity index (χ3v) is 4.00. The average Bonchev–Trinajstić information content (AvgIpc) is 2.75. The minimum Gasteiger partial charge on any atom is -0.481 e. The van der Waals surface area contributed by atoms with Crippen LogP contribution >= 0.6 is 0 Å². The molecule has 2 aliphatic heterocycles. The number of likely N-dealkylation sites (tertiary alicyclic amines) is 1. The van der Waals surface area contributed by atoms with Gasteiger partial charge in [0.25, 0.3) is 0 Å². The Morgan fingerprint density at radius 2 is 1.88 bits per heavy atom. The number of ether oxygens (including phenoxy) is 1. The van der Waals surface area contributed by atoms with Gasteiger partial charge in [-0.25, -0.2) is 0 Å². The van der Waals surface area contributed by atoms with Crippen LogP contribution in [0.4, 0.5) is 0 Å². The maximum absolute atomic E-state index is 11.4. The number of hydrogen-bond donors (Lipinski definition) is 1. The largest absolute Gasteiger partial charge is 0.481 e. The first-order valence-electron chi connectivity index (χ1n) is 6.15. The molecule has 17 heavy (non-hydrogen) atoms. The Kier molecular flexibility index (Phi) is 3.66. The Bertz CT molecular complexity index is 312. The molecule has 0 aliphatic carbocycles. The lowest BCUT2D eigenvalue weighted by Gasteiger charge is -2.29. The van der Waals surface area contributed by atoms with Crippen LogP contribution in [0.15, 0.2) is 0 Å². The van der Waals surface area contributed by atoms with Gasteiger partial charge in [-0.1, -0.05) is 0 Å². The van der Waals surface area contributed by atoms with Gasteiger partial charge < -0.3 is 14.7 Å². The Morgan fingerprint density at radius 1 is 1.24 bits per heavy atom. The molecular formula is C12H19NO4. The van der Waals surface area contributed by atoms with Crippen molar-refractivity contribution in [2.45, 2.75) is 19.8 Å². The molecule has 96 valence electrons. The number of carbonyl (C=O) groups is 2. The zero-order valence-electron chi connectivity index (χ0n) is 10.1. The molecule has 2 saturated heterocycles. The van der Waals surface area contributed by atoms with Crippen molar-refractivity contribution in [1.29, 1.82) is 0 Å². The quantitative estimate of drug-likeness (QED) is 0.768. The zero-order valence-corrected chi connectivity index (χ0v) is 10.1. The Balaban J connectivity index is 2.07. The van der Waals surface area contributed by atoms with Crippen molar-refractivity contribution in [1.82, 2.24) is 4.90 Å². The Labute approximate surface area is 101 Å². The molecule has 0 spiro atoms. The van der Waals surface area contributed by atoms with Crippen molar-refractivity contribution in [3.8, 4) is 0 Å². The Hall–Kier alpha value is -1.10. The summed E-state index contributed by atoms with van der Waals surface area (Å²) in [6, 6.07) is 0. The van der Waals surface area contributed by atoms with E-state index in [1.807, 2.05) is 0 Å². The second-order valence-corrected chi connectivity index (χ2v) is 4.98. The zero-order chi connectivity index (χ0) is 12.4. The van der Waals surface area contributed by atoms with E-state index in [4.69, 9.17) is 4.74 Å². The third kappa shape index (κ3) is 2.60. The van der Waals surface area contributed by atoms with Crippen LogP contribution in [0.2, 0.25) is 0 Å². The molecule has 1 N–H and O–H groups in total.